The Balaban J connectivity index is 2.64. The second-order valence-electron chi connectivity index (χ2n) is 4.89. The Morgan fingerprint density at radius 1 is 1.47 bits per heavy atom. The molecule has 7 heteroatoms. The van der Waals surface area contributed by atoms with Crippen LogP contribution in [0.25, 0.3) is 0 Å². The van der Waals surface area contributed by atoms with Crippen molar-refractivity contribution in [3.05, 3.63) is 4.88 Å². The number of nitrogen functional groups attached to an aromatic ring is 1. The average molecular weight is 286 g/mol. The number of nitrogens with zero attached hydrogens (tertiary/aromatic N) is 1. The van der Waals surface area contributed by atoms with Crippen molar-refractivity contribution in [2.45, 2.75) is 33.2 Å². The van der Waals surface area contributed by atoms with Crippen LogP contribution in [-0.4, -0.2) is 35.2 Å². The van der Waals surface area contributed by atoms with E-state index in [1.807, 2.05) is 6.92 Å². The fourth-order valence-electron chi connectivity index (χ4n) is 1.42. The molecule has 1 heterocycles. The fraction of sp³-hybridized carbons (Fsp3) is 0.667. The van der Waals surface area contributed by atoms with Crippen LogP contribution in [0.3, 0.4) is 0 Å². The number of hydrogen-bond donors (Lipinski definition) is 4. The molecule has 5 N–H and O–H groups in total. The van der Waals surface area contributed by atoms with Gasteiger partial charge in [0.15, 0.2) is 5.13 Å². The van der Waals surface area contributed by atoms with Crippen LogP contribution in [0.15, 0.2) is 0 Å². The van der Waals surface area contributed by atoms with Crippen LogP contribution >= 0.6 is 11.3 Å². The van der Waals surface area contributed by atoms with Crippen LogP contribution in [0.1, 0.15) is 36.9 Å². The number of aliphatic hydroxyl groups is 1. The van der Waals surface area contributed by atoms with Crippen molar-refractivity contribution in [3.8, 4) is 0 Å². The molecule has 1 amide bonds. The van der Waals surface area contributed by atoms with Crippen molar-refractivity contribution in [3.63, 3.8) is 0 Å². The van der Waals surface area contributed by atoms with E-state index in [1.54, 1.807) is 0 Å². The van der Waals surface area contributed by atoms with E-state index in [0.29, 0.717) is 22.3 Å². The van der Waals surface area contributed by atoms with E-state index in [4.69, 9.17) is 10.8 Å². The predicted octanol–water partition coefficient (Wildman–Crippen LogP) is 1.29. The molecule has 1 unspecified atom stereocenters. The zero-order chi connectivity index (χ0) is 14.4. The monoisotopic (exact) mass is 286 g/mol. The van der Waals surface area contributed by atoms with Crippen molar-refractivity contribution < 1.29 is 9.90 Å². The van der Waals surface area contributed by atoms with E-state index < -0.39 is 0 Å². The molecule has 1 aromatic rings. The normalized spacial score (nSPS) is 12.5. The van der Waals surface area contributed by atoms with E-state index in [1.165, 1.54) is 11.3 Å². The molecule has 0 aliphatic rings. The predicted molar refractivity (Wildman–Crippen MR) is 78.5 cm³/mol. The molecule has 19 heavy (non-hydrogen) atoms. The summed E-state index contributed by atoms with van der Waals surface area (Å²) in [6.45, 7) is 6.85. The maximum absolute atomic E-state index is 12.0. The number of amides is 1. The molecule has 0 saturated heterocycles. The van der Waals surface area contributed by atoms with Gasteiger partial charge in [-0.05, 0) is 19.3 Å². The number of anilines is 2. The molecule has 0 fully saturated rings. The second-order valence-corrected chi connectivity index (χ2v) is 5.89. The Kier molecular flexibility index (Phi) is 6.04. The molecule has 0 saturated carbocycles. The number of nitrogens with one attached hydrogen (secondary N) is 2. The van der Waals surface area contributed by atoms with E-state index in [9.17, 15) is 4.79 Å². The third-order valence-electron chi connectivity index (χ3n) is 2.46. The molecular formula is C12H22N4O2S. The van der Waals surface area contributed by atoms with Crippen molar-refractivity contribution in [2.75, 3.05) is 24.2 Å². The third-order valence-corrected chi connectivity index (χ3v) is 3.49. The van der Waals surface area contributed by atoms with Crippen molar-refractivity contribution in [2.24, 2.45) is 5.92 Å². The highest BCUT2D eigenvalue weighted by molar-refractivity contribution is 7.18. The van der Waals surface area contributed by atoms with Crippen molar-refractivity contribution in [1.29, 1.82) is 0 Å². The van der Waals surface area contributed by atoms with Crippen LogP contribution in [0.2, 0.25) is 0 Å². The van der Waals surface area contributed by atoms with E-state index in [0.717, 1.165) is 6.54 Å². The maximum atomic E-state index is 12.0. The summed E-state index contributed by atoms with van der Waals surface area (Å²) in [5.74, 6) is 0.491. The number of carbonyl (C=O) groups is 1. The SMILES string of the molecule is CC(C)CNc1nc(N)c(C(=O)NC(C)CCO)s1. The molecule has 1 aromatic heterocycles. The zero-order valence-electron chi connectivity index (χ0n) is 11.6. The van der Waals surface area contributed by atoms with Gasteiger partial charge in [0.25, 0.3) is 5.91 Å². The van der Waals surface area contributed by atoms with Crippen LogP contribution in [0.5, 0.6) is 0 Å². The molecule has 1 atom stereocenters. The van der Waals surface area contributed by atoms with Gasteiger partial charge >= 0.3 is 0 Å². The lowest BCUT2D eigenvalue weighted by Crippen LogP contribution is -2.33. The summed E-state index contributed by atoms with van der Waals surface area (Å²) in [7, 11) is 0. The largest absolute Gasteiger partial charge is 0.396 e. The van der Waals surface area contributed by atoms with Gasteiger partial charge in [-0.3, -0.25) is 4.79 Å². The maximum Gasteiger partial charge on any atom is 0.265 e. The Hall–Kier alpha value is -1.34. The highest BCUT2D eigenvalue weighted by Gasteiger charge is 2.17. The number of thiazole rings is 1. The molecule has 6 nitrogen and oxygen atoms in total. The van der Waals surface area contributed by atoms with E-state index in [-0.39, 0.29) is 24.4 Å². The summed E-state index contributed by atoms with van der Waals surface area (Å²) < 4.78 is 0. The van der Waals surface area contributed by atoms with Crippen LogP contribution < -0.4 is 16.4 Å². The van der Waals surface area contributed by atoms with Crippen LogP contribution in [0.4, 0.5) is 10.9 Å². The van der Waals surface area contributed by atoms with Gasteiger partial charge in [0, 0.05) is 19.2 Å². The van der Waals surface area contributed by atoms with Gasteiger partial charge in [-0.2, -0.15) is 0 Å². The van der Waals surface area contributed by atoms with Gasteiger partial charge in [-0.15, -0.1) is 0 Å². The summed E-state index contributed by atoms with van der Waals surface area (Å²) in [5, 5.41) is 15.4. The summed E-state index contributed by atoms with van der Waals surface area (Å²) in [6.07, 6.45) is 0.517. The molecule has 108 valence electrons. The number of carbonyl (C=O) groups excluding carboxylic acids is 1. The minimum Gasteiger partial charge on any atom is -0.396 e. The summed E-state index contributed by atoms with van der Waals surface area (Å²) in [4.78, 5) is 16.5. The van der Waals surface area contributed by atoms with Gasteiger partial charge < -0.3 is 21.5 Å². The molecule has 0 radical (unpaired) electrons. The highest BCUT2D eigenvalue weighted by atomic mass is 32.1. The van der Waals surface area contributed by atoms with Gasteiger partial charge in [0.2, 0.25) is 0 Å². The van der Waals surface area contributed by atoms with E-state index >= 15 is 0 Å². The molecule has 0 aromatic carbocycles. The van der Waals surface area contributed by atoms with Gasteiger partial charge in [0.1, 0.15) is 10.7 Å². The van der Waals surface area contributed by atoms with Crippen molar-refractivity contribution in [1.82, 2.24) is 10.3 Å². The summed E-state index contributed by atoms with van der Waals surface area (Å²) >= 11 is 1.25. The lowest BCUT2D eigenvalue weighted by Gasteiger charge is -2.11. The molecule has 1 rings (SSSR count). The van der Waals surface area contributed by atoms with Crippen molar-refractivity contribution >= 4 is 28.2 Å². The summed E-state index contributed by atoms with van der Waals surface area (Å²) in [6, 6.07) is -0.0916. The highest BCUT2D eigenvalue weighted by Crippen LogP contribution is 2.25. The van der Waals surface area contributed by atoms with Gasteiger partial charge in [0.05, 0.1) is 0 Å². The Bertz CT molecular complexity index is 420. The zero-order valence-corrected chi connectivity index (χ0v) is 12.4. The Labute approximate surface area is 117 Å². The van der Waals surface area contributed by atoms with Crippen LogP contribution in [0, 0.1) is 5.92 Å². The lowest BCUT2D eigenvalue weighted by molar-refractivity contribution is 0.0939. The minimum absolute atomic E-state index is 0.0425. The fourth-order valence-corrected chi connectivity index (χ4v) is 2.21. The first kappa shape index (κ1) is 15.7. The molecule has 0 aliphatic heterocycles. The van der Waals surface area contributed by atoms with Gasteiger partial charge in [-0.25, -0.2) is 4.98 Å². The standard InChI is InChI=1S/C12H22N4O2S/c1-7(2)6-14-12-16-10(13)9(19-12)11(18)15-8(3)4-5-17/h7-8,17H,4-6,13H2,1-3H3,(H,14,16)(H,15,18). The first-order valence-electron chi connectivity index (χ1n) is 6.36. The first-order chi connectivity index (χ1) is 8.93. The topological polar surface area (TPSA) is 100 Å². The lowest BCUT2D eigenvalue weighted by atomic mass is 10.2. The third kappa shape index (κ3) is 5.04. The molecule has 0 aliphatic carbocycles. The first-order valence-corrected chi connectivity index (χ1v) is 7.17. The average Bonchev–Trinajstić information content (AvgIpc) is 2.68. The second kappa shape index (κ2) is 7.30. The molecular weight excluding hydrogens is 264 g/mol. The quantitative estimate of drug-likeness (QED) is 0.605. The van der Waals surface area contributed by atoms with Crippen LogP contribution in [-0.2, 0) is 0 Å². The Morgan fingerprint density at radius 3 is 2.74 bits per heavy atom. The summed E-state index contributed by atoms with van der Waals surface area (Å²) in [5.41, 5.74) is 5.75. The van der Waals surface area contributed by atoms with Gasteiger partial charge in [-0.1, -0.05) is 25.2 Å². The minimum atomic E-state index is -0.242. The number of hydrogen-bond acceptors (Lipinski definition) is 6. The molecule has 0 bridgehead atoms. The number of aliphatic hydroxyl groups excluding tert-OH is 1. The number of nitrogens with two attached hydrogens (primary N) is 1. The molecule has 0 spiro atoms. The number of rotatable bonds is 7. The smallest absolute Gasteiger partial charge is 0.265 e. The number of aromatic nitrogens is 1. The Morgan fingerprint density at radius 2 is 2.16 bits per heavy atom. The van der Waals surface area contributed by atoms with E-state index in [2.05, 4.69) is 29.5 Å².